The van der Waals surface area contributed by atoms with E-state index in [0.29, 0.717) is 0 Å². The summed E-state index contributed by atoms with van der Waals surface area (Å²) in [6.45, 7) is 5.34. The van der Waals surface area contributed by atoms with Gasteiger partial charge < -0.3 is 0 Å². The first-order valence-electron chi connectivity index (χ1n) is 2.98. The van der Waals surface area contributed by atoms with Crippen LogP contribution in [0.3, 0.4) is 0 Å². The average Bonchev–Trinajstić information content (AvgIpc) is 1.94. The molecule has 1 aromatic heterocycles. The normalized spacial score (nSPS) is 9.40. The summed E-state index contributed by atoms with van der Waals surface area (Å²) >= 11 is 0. The van der Waals surface area contributed by atoms with Crippen LogP contribution in [0.1, 0.15) is 11.3 Å². The molecular formula is C8H8FN. The molecule has 0 aliphatic heterocycles. The molecule has 0 aliphatic carbocycles. The summed E-state index contributed by atoms with van der Waals surface area (Å²) in [5.74, 6) is -0.319. The van der Waals surface area contributed by atoms with Crippen molar-refractivity contribution in [3.8, 4) is 0 Å². The summed E-state index contributed by atoms with van der Waals surface area (Å²) in [6.07, 6.45) is 2.79. The van der Waals surface area contributed by atoms with Gasteiger partial charge in [0.25, 0.3) is 0 Å². The minimum Gasteiger partial charge on any atom is -0.258 e. The first-order chi connectivity index (χ1) is 4.74. The third-order valence-electron chi connectivity index (χ3n) is 1.31. The second kappa shape index (κ2) is 2.60. The van der Waals surface area contributed by atoms with Crippen LogP contribution in [0, 0.1) is 12.7 Å². The Balaban J connectivity index is 3.21. The SMILES string of the molecule is C=Cc1cc(F)cnc1C. The summed E-state index contributed by atoms with van der Waals surface area (Å²) in [4.78, 5) is 3.80. The number of hydrogen-bond acceptors (Lipinski definition) is 1. The molecule has 0 radical (unpaired) electrons. The Hall–Kier alpha value is -1.18. The van der Waals surface area contributed by atoms with Crippen LogP contribution < -0.4 is 0 Å². The molecule has 0 unspecified atom stereocenters. The van der Waals surface area contributed by atoms with E-state index < -0.39 is 0 Å². The van der Waals surface area contributed by atoms with E-state index in [1.807, 2.05) is 6.92 Å². The van der Waals surface area contributed by atoms with Gasteiger partial charge in [-0.3, -0.25) is 4.98 Å². The second-order valence-corrected chi connectivity index (χ2v) is 2.03. The second-order valence-electron chi connectivity index (χ2n) is 2.03. The third-order valence-corrected chi connectivity index (χ3v) is 1.31. The highest BCUT2D eigenvalue weighted by Crippen LogP contribution is 2.07. The molecule has 0 amide bonds. The van der Waals surface area contributed by atoms with E-state index in [1.165, 1.54) is 12.3 Å². The van der Waals surface area contributed by atoms with Gasteiger partial charge in [0.05, 0.1) is 6.20 Å². The van der Waals surface area contributed by atoms with Crippen molar-refractivity contribution in [2.45, 2.75) is 6.92 Å². The lowest BCUT2D eigenvalue weighted by molar-refractivity contribution is 0.620. The van der Waals surface area contributed by atoms with Crippen LogP contribution in [0.5, 0.6) is 0 Å². The monoisotopic (exact) mass is 137 g/mol. The molecule has 0 fully saturated rings. The summed E-state index contributed by atoms with van der Waals surface area (Å²) in [7, 11) is 0. The van der Waals surface area contributed by atoms with E-state index >= 15 is 0 Å². The van der Waals surface area contributed by atoms with Gasteiger partial charge in [-0.15, -0.1) is 0 Å². The van der Waals surface area contributed by atoms with Crippen molar-refractivity contribution in [2.75, 3.05) is 0 Å². The molecule has 0 saturated carbocycles. The highest BCUT2D eigenvalue weighted by molar-refractivity contribution is 5.48. The van der Waals surface area contributed by atoms with Crippen LogP contribution in [-0.2, 0) is 0 Å². The summed E-state index contributed by atoms with van der Waals surface area (Å²) in [5, 5.41) is 0. The molecule has 10 heavy (non-hydrogen) atoms. The Bertz CT molecular complexity index is 255. The molecule has 1 nitrogen and oxygen atoms in total. The fourth-order valence-corrected chi connectivity index (χ4v) is 0.730. The smallest absolute Gasteiger partial charge is 0.142 e. The summed E-state index contributed by atoms with van der Waals surface area (Å²) in [5.41, 5.74) is 1.55. The van der Waals surface area contributed by atoms with Crippen molar-refractivity contribution in [3.05, 3.63) is 35.9 Å². The standard InChI is InChI=1S/C8H8FN/c1-3-7-4-8(9)5-10-6(7)2/h3-5H,1H2,2H3. The molecule has 0 N–H and O–H groups in total. The van der Waals surface area contributed by atoms with E-state index in [2.05, 4.69) is 11.6 Å². The van der Waals surface area contributed by atoms with Gasteiger partial charge >= 0.3 is 0 Å². The summed E-state index contributed by atoms with van der Waals surface area (Å²) in [6, 6.07) is 1.41. The predicted molar refractivity (Wildman–Crippen MR) is 39.0 cm³/mol. The number of halogens is 1. The van der Waals surface area contributed by atoms with Gasteiger partial charge in [0, 0.05) is 5.69 Å². The van der Waals surface area contributed by atoms with Crippen molar-refractivity contribution >= 4 is 6.08 Å². The minimum atomic E-state index is -0.319. The van der Waals surface area contributed by atoms with Crippen LogP contribution in [0.25, 0.3) is 6.08 Å². The van der Waals surface area contributed by atoms with Crippen LogP contribution in [-0.4, -0.2) is 4.98 Å². The predicted octanol–water partition coefficient (Wildman–Crippen LogP) is 2.17. The van der Waals surface area contributed by atoms with Crippen LogP contribution in [0.2, 0.25) is 0 Å². The topological polar surface area (TPSA) is 12.9 Å². The Morgan fingerprint density at radius 3 is 2.90 bits per heavy atom. The molecule has 0 aliphatic rings. The lowest BCUT2D eigenvalue weighted by atomic mass is 10.2. The molecule has 0 bridgehead atoms. The van der Waals surface area contributed by atoms with Gasteiger partial charge in [-0.1, -0.05) is 12.7 Å². The zero-order valence-corrected chi connectivity index (χ0v) is 5.76. The number of aromatic nitrogens is 1. The third kappa shape index (κ3) is 1.21. The van der Waals surface area contributed by atoms with E-state index in [4.69, 9.17) is 0 Å². The maximum atomic E-state index is 12.4. The molecule has 1 aromatic rings. The molecule has 0 spiro atoms. The number of rotatable bonds is 1. The molecule has 1 rings (SSSR count). The van der Waals surface area contributed by atoms with Gasteiger partial charge in [0.15, 0.2) is 0 Å². The highest BCUT2D eigenvalue weighted by atomic mass is 19.1. The quantitative estimate of drug-likeness (QED) is 0.578. The highest BCUT2D eigenvalue weighted by Gasteiger charge is 1.95. The van der Waals surface area contributed by atoms with Gasteiger partial charge in [-0.25, -0.2) is 4.39 Å². The van der Waals surface area contributed by atoms with Crippen molar-refractivity contribution in [3.63, 3.8) is 0 Å². The lowest BCUT2D eigenvalue weighted by Crippen LogP contribution is -1.87. The maximum absolute atomic E-state index is 12.4. The van der Waals surface area contributed by atoms with E-state index in [1.54, 1.807) is 6.08 Å². The van der Waals surface area contributed by atoms with Crippen molar-refractivity contribution < 1.29 is 4.39 Å². The summed E-state index contributed by atoms with van der Waals surface area (Å²) < 4.78 is 12.4. The van der Waals surface area contributed by atoms with E-state index in [0.717, 1.165) is 11.3 Å². The van der Waals surface area contributed by atoms with Crippen LogP contribution in [0.4, 0.5) is 4.39 Å². The van der Waals surface area contributed by atoms with Gasteiger partial charge in [-0.05, 0) is 18.6 Å². The molecule has 1 heterocycles. The average molecular weight is 137 g/mol. The Kier molecular flexibility index (Phi) is 1.81. The first kappa shape index (κ1) is 6.93. The lowest BCUT2D eigenvalue weighted by Gasteiger charge is -1.96. The van der Waals surface area contributed by atoms with Crippen LogP contribution >= 0.6 is 0 Å². The van der Waals surface area contributed by atoms with Gasteiger partial charge in [0.1, 0.15) is 5.82 Å². The van der Waals surface area contributed by atoms with E-state index in [-0.39, 0.29) is 5.82 Å². The Morgan fingerprint density at radius 2 is 2.40 bits per heavy atom. The number of pyridine rings is 1. The molecule has 0 atom stereocenters. The fourth-order valence-electron chi connectivity index (χ4n) is 0.730. The maximum Gasteiger partial charge on any atom is 0.142 e. The zero-order chi connectivity index (χ0) is 7.56. The largest absolute Gasteiger partial charge is 0.258 e. The molecule has 52 valence electrons. The Morgan fingerprint density at radius 1 is 1.70 bits per heavy atom. The molecule has 0 saturated heterocycles. The van der Waals surface area contributed by atoms with Gasteiger partial charge in [-0.2, -0.15) is 0 Å². The van der Waals surface area contributed by atoms with Crippen LogP contribution in [0.15, 0.2) is 18.8 Å². The van der Waals surface area contributed by atoms with Crippen molar-refractivity contribution in [1.82, 2.24) is 4.98 Å². The molecule has 0 aromatic carbocycles. The Labute approximate surface area is 59.2 Å². The number of nitrogens with zero attached hydrogens (tertiary/aromatic N) is 1. The molecular weight excluding hydrogens is 129 g/mol. The number of aryl methyl sites for hydroxylation is 1. The number of hydrogen-bond donors (Lipinski definition) is 0. The molecule has 2 heteroatoms. The van der Waals surface area contributed by atoms with Crippen molar-refractivity contribution in [2.24, 2.45) is 0 Å². The zero-order valence-electron chi connectivity index (χ0n) is 5.76. The first-order valence-corrected chi connectivity index (χ1v) is 2.98. The van der Waals surface area contributed by atoms with E-state index in [9.17, 15) is 4.39 Å². The van der Waals surface area contributed by atoms with Crippen molar-refractivity contribution in [1.29, 1.82) is 0 Å². The van der Waals surface area contributed by atoms with Gasteiger partial charge in [0.2, 0.25) is 0 Å². The fraction of sp³-hybridized carbons (Fsp3) is 0.125. The minimum absolute atomic E-state index is 0.319.